The molecule has 3 heteroatoms. The summed E-state index contributed by atoms with van der Waals surface area (Å²) in [5, 5.41) is 16.7. The number of nitrogens with zero attached hydrogens (tertiary/aromatic N) is 2. The first-order chi connectivity index (χ1) is 32.2. The molecule has 0 saturated carbocycles. The van der Waals surface area contributed by atoms with E-state index in [0.29, 0.717) is 0 Å². The maximum absolute atomic E-state index is 6.71. The summed E-state index contributed by atoms with van der Waals surface area (Å²) in [6.07, 6.45) is 0. The second-order valence-corrected chi connectivity index (χ2v) is 17.2. The molecule has 0 amide bonds. The van der Waals surface area contributed by atoms with Crippen LogP contribution in [-0.2, 0) is 0 Å². The lowest BCUT2D eigenvalue weighted by Crippen LogP contribution is -2.11. The number of rotatable bonds is 5. The molecule has 0 radical (unpaired) electrons. The molecule has 0 aliphatic heterocycles. The lowest BCUT2D eigenvalue weighted by molar-refractivity contribution is 0.669. The summed E-state index contributed by atoms with van der Waals surface area (Å²) >= 11 is 0. The summed E-state index contributed by atoms with van der Waals surface area (Å²) in [7, 11) is 0. The van der Waals surface area contributed by atoms with E-state index in [9.17, 15) is 0 Å². The van der Waals surface area contributed by atoms with E-state index in [1.54, 1.807) is 0 Å². The fourth-order valence-electron chi connectivity index (χ4n) is 10.8. The van der Waals surface area contributed by atoms with Gasteiger partial charge in [-0.05, 0) is 115 Å². The molecule has 2 aromatic heterocycles. The fourth-order valence-corrected chi connectivity index (χ4v) is 10.8. The third kappa shape index (κ3) is 5.43. The highest BCUT2D eigenvalue weighted by molar-refractivity contribution is 6.23. The highest BCUT2D eigenvalue weighted by atomic mass is 16.3. The van der Waals surface area contributed by atoms with Gasteiger partial charge in [-0.2, -0.15) is 0 Å². The average Bonchev–Trinajstić information content (AvgIpc) is 3.91. The number of fused-ring (bicyclic) bond motifs is 12. The van der Waals surface area contributed by atoms with Gasteiger partial charge in [-0.25, -0.2) is 0 Å². The van der Waals surface area contributed by atoms with Crippen LogP contribution in [-0.4, -0.2) is 4.57 Å². The van der Waals surface area contributed by atoms with Crippen molar-refractivity contribution >= 4 is 115 Å². The van der Waals surface area contributed by atoms with Crippen molar-refractivity contribution in [2.45, 2.75) is 0 Å². The standard InChI is InChI=1S/C62H38N2O/c1-4-18-47-40(14-1)17-13-25-48(47)43-29-28-39-30-31-45(35-44(39)34-43)63(62-50-20-6-3-16-42(50)37-60-61(62)54-24-10-12-27-59(54)65-60)46-32-33-57-55(38-46)53-23-9-11-26-56(53)64(57)58-36-41-15-2-5-19-49(41)51-21-7-8-22-52(51)58/h1-38H. The zero-order chi connectivity index (χ0) is 42.6. The van der Waals surface area contributed by atoms with Crippen LogP contribution in [0.3, 0.4) is 0 Å². The maximum Gasteiger partial charge on any atom is 0.138 e. The molecular formula is C62H38N2O. The molecular weight excluding hydrogens is 789 g/mol. The van der Waals surface area contributed by atoms with Crippen LogP contribution in [0.1, 0.15) is 0 Å². The summed E-state index contributed by atoms with van der Waals surface area (Å²) in [4.78, 5) is 2.48. The van der Waals surface area contributed by atoms with E-state index in [1.165, 1.54) is 76.2 Å². The smallest absolute Gasteiger partial charge is 0.138 e. The second-order valence-electron chi connectivity index (χ2n) is 17.2. The predicted molar refractivity (Wildman–Crippen MR) is 276 cm³/mol. The number of hydrogen-bond donors (Lipinski definition) is 0. The fraction of sp³-hybridized carbons (Fsp3) is 0. The van der Waals surface area contributed by atoms with Gasteiger partial charge in [0, 0.05) is 38.3 Å². The van der Waals surface area contributed by atoms with Crippen molar-refractivity contribution in [1.82, 2.24) is 4.57 Å². The highest BCUT2D eigenvalue weighted by Crippen LogP contribution is 2.49. The molecule has 0 atom stereocenters. The normalized spacial score (nSPS) is 12.0. The Balaban J connectivity index is 1.06. The van der Waals surface area contributed by atoms with Crippen LogP contribution < -0.4 is 4.90 Å². The molecule has 65 heavy (non-hydrogen) atoms. The Morgan fingerprint density at radius 2 is 0.938 bits per heavy atom. The van der Waals surface area contributed by atoms with Crippen LogP contribution in [0.15, 0.2) is 235 Å². The van der Waals surface area contributed by atoms with Crippen molar-refractivity contribution in [3.63, 3.8) is 0 Å². The largest absolute Gasteiger partial charge is 0.456 e. The molecule has 0 spiro atoms. The molecule has 12 aromatic carbocycles. The number of anilines is 3. The summed E-state index contributed by atoms with van der Waals surface area (Å²) in [6, 6.07) is 84.3. The van der Waals surface area contributed by atoms with Gasteiger partial charge >= 0.3 is 0 Å². The van der Waals surface area contributed by atoms with Crippen LogP contribution in [0.25, 0.3) is 114 Å². The SMILES string of the molecule is c1ccc2c(-c3ccc4ccc(N(c5ccc6c(c5)c5ccccc5n6-c5cc6ccccc6c6ccccc56)c5c6ccccc6cc6oc7ccccc7c56)cc4c3)cccc2c1. The van der Waals surface area contributed by atoms with E-state index in [4.69, 9.17) is 4.42 Å². The molecule has 14 rings (SSSR count). The average molecular weight is 827 g/mol. The van der Waals surface area contributed by atoms with Crippen molar-refractivity contribution in [2.24, 2.45) is 0 Å². The van der Waals surface area contributed by atoms with Crippen molar-refractivity contribution in [2.75, 3.05) is 4.90 Å². The Labute approximate surface area is 374 Å². The molecule has 0 bridgehead atoms. The predicted octanol–water partition coefficient (Wildman–Crippen LogP) is 17.6. The molecule has 3 nitrogen and oxygen atoms in total. The van der Waals surface area contributed by atoms with Crippen molar-refractivity contribution in [3.8, 4) is 16.8 Å². The van der Waals surface area contributed by atoms with Crippen molar-refractivity contribution in [3.05, 3.63) is 231 Å². The zero-order valence-corrected chi connectivity index (χ0v) is 35.2. The van der Waals surface area contributed by atoms with Gasteiger partial charge in [0.15, 0.2) is 0 Å². The maximum atomic E-state index is 6.71. The van der Waals surface area contributed by atoms with Gasteiger partial charge in [0.1, 0.15) is 11.2 Å². The summed E-state index contributed by atoms with van der Waals surface area (Å²) in [5.41, 5.74) is 10.9. The number of furan rings is 1. The van der Waals surface area contributed by atoms with Crippen LogP contribution in [0.2, 0.25) is 0 Å². The lowest BCUT2D eigenvalue weighted by atomic mass is 9.96. The Bertz CT molecular complexity index is 4260. The van der Waals surface area contributed by atoms with Crippen molar-refractivity contribution < 1.29 is 4.42 Å². The molecule has 0 aliphatic carbocycles. The summed E-state index contributed by atoms with van der Waals surface area (Å²) < 4.78 is 9.18. The zero-order valence-electron chi connectivity index (χ0n) is 35.2. The molecule has 0 saturated heterocycles. The van der Waals surface area contributed by atoms with Gasteiger partial charge in [0.2, 0.25) is 0 Å². The topological polar surface area (TPSA) is 21.3 Å². The Hall–Kier alpha value is -8.66. The quantitative estimate of drug-likeness (QED) is 0.161. The van der Waals surface area contributed by atoms with E-state index >= 15 is 0 Å². The third-order valence-electron chi connectivity index (χ3n) is 13.7. The Kier molecular flexibility index (Phi) is 7.69. The molecule has 14 aromatic rings. The van der Waals surface area contributed by atoms with Crippen LogP contribution in [0.4, 0.5) is 17.1 Å². The minimum Gasteiger partial charge on any atom is -0.456 e. The number of hydrogen-bond acceptors (Lipinski definition) is 2. The van der Waals surface area contributed by atoms with E-state index < -0.39 is 0 Å². The minimum atomic E-state index is 0.866. The summed E-state index contributed by atoms with van der Waals surface area (Å²) in [6.45, 7) is 0. The molecule has 2 heterocycles. The first-order valence-electron chi connectivity index (χ1n) is 22.3. The minimum absolute atomic E-state index is 0.866. The Morgan fingerprint density at radius 3 is 1.80 bits per heavy atom. The van der Waals surface area contributed by atoms with Gasteiger partial charge in [-0.1, -0.05) is 170 Å². The lowest BCUT2D eigenvalue weighted by Gasteiger charge is -2.28. The van der Waals surface area contributed by atoms with Crippen LogP contribution >= 0.6 is 0 Å². The molecule has 0 unspecified atom stereocenters. The van der Waals surface area contributed by atoms with Crippen molar-refractivity contribution in [1.29, 1.82) is 0 Å². The second kappa shape index (κ2) is 13.9. The molecule has 0 aliphatic rings. The van der Waals surface area contributed by atoms with Gasteiger partial charge in [0.05, 0.1) is 27.8 Å². The third-order valence-corrected chi connectivity index (χ3v) is 13.7. The Morgan fingerprint density at radius 1 is 0.323 bits per heavy atom. The number of para-hydroxylation sites is 2. The number of benzene rings is 12. The van der Waals surface area contributed by atoms with Gasteiger partial charge in [0.25, 0.3) is 0 Å². The van der Waals surface area contributed by atoms with E-state index in [2.05, 4.69) is 240 Å². The molecule has 0 fully saturated rings. The first-order valence-corrected chi connectivity index (χ1v) is 22.3. The van der Waals surface area contributed by atoms with E-state index in [0.717, 1.165) is 55.3 Å². The van der Waals surface area contributed by atoms with Gasteiger partial charge < -0.3 is 13.9 Å². The first kappa shape index (κ1) is 35.9. The van der Waals surface area contributed by atoms with Crippen LogP contribution in [0.5, 0.6) is 0 Å². The summed E-state index contributed by atoms with van der Waals surface area (Å²) in [5.74, 6) is 0. The monoisotopic (exact) mass is 826 g/mol. The number of aromatic nitrogens is 1. The molecule has 0 N–H and O–H groups in total. The van der Waals surface area contributed by atoms with E-state index in [-0.39, 0.29) is 0 Å². The highest BCUT2D eigenvalue weighted by Gasteiger charge is 2.25. The van der Waals surface area contributed by atoms with Gasteiger partial charge in [-0.3, -0.25) is 0 Å². The van der Waals surface area contributed by atoms with E-state index in [1.807, 2.05) is 0 Å². The van der Waals surface area contributed by atoms with Crippen LogP contribution in [0, 0.1) is 0 Å². The van der Waals surface area contributed by atoms with Gasteiger partial charge in [-0.15, -0.1) is 0 Å². The molecule has 302 valence electrons.